The Morgan fingerprint density at radius 3 is 2.90 bits per heavy atom. The first-order valence-corrected chi connectivity index (χ1v) is 7.62. The molecule has 0 saturated carbocycles. The van der Waals surface area contributed by atoms with Crippen molar-refractivity contribution in [3.05, 3.63) is 30.3 Å². The Hall–Kier alpha value is -1.43. The van der Waals surface area contributed by atoms with Crippen molar-refractivity contribution in [2.75, 3.05) is 38.1 Å². The second-order valence-electron chi connectivity index (χ2n) is 5.37. The van der Waals surface area contributed by atoms with Gasteiger partial charge in [0.05, 0.1) is 18.8 Å². The predicted molar refractivity (Wildman–Crippen MR) is 84.4 cm³/mol. The van der Waals surface area contributed by atoms with Crippen LogP contribution in [0.25, 0.3) is 0 Å². The number of rotatable bonds is 6. The molecule has 0 aromatic heterocycles. The molecular formula is C16H25N3O2. The molecule has 2 N–H and O–H groups in total. The van der Waals surface area contributed by atoms with Crippen LogP contribution in [-0.4, -0.2) is 55.7 Å². The normalized spacial score (nSPS) is 21.0. The first-order valence-electron chi connectivity index (χ1n) is 7.62. The van der Waals surface area contributed by atoms with Gasteiger partial charge >= 0.3 is 0 Å². The Labute approximate surface area is 126 Å². The molecule has 21 heavy (non-hydrogen) atoms. The first-order chi connectivity index (χ1) is 10.2. The van der Waals surface area contributed by atoms with E-state index in [0.717, 1.165) is 31.9 Å². The van der Waals surface area contributed by atoms with Gasteiger partial charge in [0.15, 0.2) is 0 Å². The number of amides is 1. The van der Waals surface area contributed by atoms with Crippen LogP contribution in [-0.2, 0) is 9.53 Å². The van der Waals surface area contributed by atoms with Crippen LogP contribution in [0.5, 0.6) is 0 Å². The van der Waals surface area contributed by atoms with Crippen molar-refractivity contribution in [2.45, 2.75) is 26.0 Å². The molecule has 1 aliphatic rings. The number of ether oxygens (including phenoxy) is 1. The Morgan fingerprint density at radius 2 is 2.19 bits per heavy atom. The molecule has 1 aromatic rings. The van der Waals surface area contributed by atoms with Crippen molar-refractivity contribution >= 4 is 11.6 Å². The average molecular weight is 291 g/mol. The van der Waals surface area contributed by atoms with Gasteiger partial charge in [-0.3, -0.25) is 9.69 Å². The van der Waals surface area contributed by atoms with Crippen LogP contribution in [0.4, 0.5) is 5.69 Å². The summed E-state index contributed by atoms with van der Waals surface area (Å²) in [6.45, 7) is 8.46. The summed E-state index contributed by atoms with van der Waals surface area (Å²) in [4.78, 5) is 14.4. The Bertz CT molecular complexity index is 438. The van der Waals surface area contributed by atoms with Crippen LogP contribution in [0.1, 0.15) is 13.8 Å². The number of carbonyl (C=O) groups excluding carboxylic acids is 1. The number of para-hydroxylation sites is 1. The third-order valence-electron chi connectivity index (χ3n) is 3.76. The molecular weight excluding hydrogens is 266 g/mol. The number of hydrogen-bond donors (Lipinski definition) is 2. The van der Waals surface area contributed by atoms with Crippen molar-refractivity contribution in [1.29, 1.82) is 0 Å². The van der Waals surface area contributed by atoms with E-state index in [-0.39, 0.29) is 18.1 Å². The first kappa shape index (κ1) is 15.9. The van der Waals surface area contributed by atoms with E-state index in [1.807, 2.05) is 37.3 Å². The maximum atomic E-state index is 12.1. The number of morpholine rings is 1. The van der Waals surface area contributed by atoms with E-state index in [4.69, 9.17) is 4.74 Å². The summed E-state index contributed by atoms with van der Waals surface area (Å²) in [7, 11) is 0. The minimum atomic E-state index is -0.245. The highest BCUT2D eigenvalue weighted by Gasteiger charge is 2.21. The van der Waals surface area contributed by atoms with E-state index in [9.17, 15) is 4.79 Å². The van der Waals surface area contributed by atoms with Crippen LogP contribution < -0.4 is 10.6 Å². The van der Waals surface area contributed by atoms with Crippen LogP contribution >= 0.6 is 0 Å². The van der Waals surface area contributed by atoms with Gasteiger partial charge in [-0.15, -0.1) is 0 Å². The van der Waals surface area contributed by atoms with Crippen molar-refractivity contribution in [2.24, 2.45) is 0 Å². The van der Waals surface area contributed by atoms with Gasteiger partial charge < -0.3 is 15.4 Å². The molecule has 0 radical (unpaired) electrons. The number of nitrogens with zero attached hydrogens (tertiary/aromatic N) is 1. The molecule has 1 heterocycles. The third kappa shape index (κ3) is 5.12. The van der Waals surface area contributed by atoms with Crippen molar-refractivity contribution in [1.82, 2.24) is 10.2 Å². The van der Waals surface area contributed by atoms with Crippen LogP contribution in [0.3, 0.4) is 0 Å². The summed E-state index contributed by atoms with van der Waals surface area (Å²) in [6, 6.07) is 9.26. The lowest BCUT2D eigenvalue weighted by Gasteiger charge is -2.32. The molecule has 5 nitrogen and oxygen atoms in total. The van der Waals surface area contributed by atoms with Gasteiger partial charge in [0.2, 0.25) is 5.91 Å². The van der Waals surface area contributed by atoms with Gasteiger partial charge in [-0.25, -0.2) is 0 Å². The number of benzene rings is 1. The molecule has 2 atom stereocenters. The van der Waals surface area contributed by atoms with Gasteiger partial charge in [-0.05, 0) is 25.6 Å². The average Bonchev–Trinajstić information content (AvgIpc) is 2.53. The van der Waals surface area contributed by atoms with Gasteiger partial charge in [-0.1, -0.05) is 25.1 Å². The van der Waals surface area contributed by atoms with Gasteiger partial charge in [0.25, 0.3) is 0 Å². The fourth-order valence-corrected chi connectivity index (χ4v) is 2.36. The van der Waals surface area contributed by atoms with Gasteiger partial charge in [0.1, 0.15) is 0 Å². The lowest BCUT2D eigenvalue weighted by molar-refractivity contribution is -0.118. The number of anilines is 1. The van der Waals surface area contributed by atoms with E-state index in [1.54, 1.807) is 0 Å². The number of carbonyl (C=O) groups is 1. The van der Waals surface area contributed by atoms with E-state index in [1.165, 1.54) is 0 Å². The Kier molecular flexibility index (Phi) is 6.17. The van der Waals surface area contributed by atoms with E-state index < -0.39 is 0 Å². The molecule has 116 valence electrons. The Morgan fingerprint density at radius 1 is 1.43 bits per heavy atom. The van der Waals surface area contributed by atoms with Crippen LogP contribution in [0.2, 0.25) is 0 Å². The lowest BCUT2D eigenvalue weighted by Crippen LogP contribution is -2.49. The molecule has 1 amide bonds. The fourth-order valence-electron chi connectivity index (χ4n) is 2.36. The largest absolute Gasteiger partial charge is 0.374 e. The van der Waals surface area contributed by atoms with Crippen molar-refractivity contribution < 1.29 is 9.53 Å². The third-order valence-corrected chi connectivity index (χ3v) is 3.76. The van der Waals surface area contributed by atoms with Crippen molar-refractivity contribution in [3.8, 4) is 0 Å². The quantitative estimate of drug-likeness (QED) is 0.830. The second kappa shape index (κ2) is 8.12. The van der Waals surface area contributed by atoms with Gasteiger partial charge in [0, 0.05) is 25.3 Å². The Balaban J connectivity index is 1.73. The molecule has 1 saturated heterocycles. The maximum Gasteiger partial charge on any atom is 0.241 e. The molecule has 5 heteroatoms. The maximum absolute atomic E-state index is 12.1. The molecule has 0 bridgehead atoms. The number of likely N-dealkylation sites (N-methyl/N-ethyl adjacent to an activating group) is 1. The summed E-state index contributed by atoms with van der Waals surface area (Å²) in [5.74, 6) is -0.0237. The zero-order chi connectivity index (χ0) is 15.1. The van der Waals surface area contributed by atoms with E-state index >= 15 is 0 Å². The molecule has 1 aromatic carbocycles. The lowest BCUT2D eigenvalue weighted by atomic mass is 10.2. The summed E-state index contributed by atoms with van der Waals surface area (Å²) in [5.41, 5.74) is 0.822. The molecule has 1 fully saturated rings. The van der Waals surface area contributed by atoms with Crippen molar-refractivity contribution in [3.63, 3.8) is 0 Å². The molecule has 0 aliphatic carbocycles. The zero-order valence-corrected chi connectivity index (χ0v) is 12.8. The predicted octanol–water partition coefficient (Wildman–Crippen LogP) is 1.32. The SMILES string of the molecule is CCN1CCOC(CNC(C)C(=O)Nc2ccccc2)C1. The van der Waals surface area contributed by atoms with E-state index in [2.05, 4.69) is 22.5 Å². The topological polar surface area (TPSA) is 53.6 Å². The minimum Gasteiger partial charge on any atom is -0.374 e. The highest BCUT2D eigenvalue weighted by atomic mass is 16.5. The van der Waals surface area contributed by atoms with Crippen LogP contribution in [0.15, 0.2) is 30.3 Å². The number of nitrogens with one attached hydrogen (secondary N) is 2. The van der Waals surface area contributed by atoms with Gasteiger partial charge in [-0.2, -0.15) is 0 Å². The standard InChI is InChI=1S/C16H25N3O2/c1-3-19-9-10-21-15(12-19)11-17-13(2)16(20)18-14-7-5-4-6-8-14/h4-8,13,15,17H,3,9-12H2,1-2H3,(H,18,20). The highest BCUT2D eigenvalue weighted by molar-refractivity contribution is 5.94. The smallest absolute Gasteiger partial charge is 0.241 e. The zero-order valence-electron chi connectivity index (χ0n) is 12.8. The molecule has 2 unspecified atom stereocenters. The summed E-state index contributed by atoms with van der Waals surface area (Å²) >= 11 is 0. The molecule has 1 aliphatic heterocycles. The summed E-state index contributed by atoms with van der Waals surface area (Å²) in [6.07, 6.45) is 0.158. The fraction of sp³-hybridized carbons (Fsp3) is 0.562. The van der Waals surface area contributed by atoms with E-state index in [0.29, 0.717) is 6.54 Å². The monoisotopic (exact) mass is 291 g/mol. The minimum absolute atomic E-state index is 0.0237. The second-order valence-corrected chi connectivity index (χ2v) is 5.37. The summed E-state index contributed by atoms with van der Waals surface area (Å²) in [5, 5.41) is 6.15. The molecule has 0 spiro atoms. The van der Waals surface area contributed by atoms with Crippen LogP contribution in [0, 0.1) is 0 Å². The highest BCUT2D eigenvalue weighted by Crippen LogP contribution is 2.06. The summed E-state index contributed by atoms with van der Waals surface area (Å²) < 4.78 is 5.72. The molecule has 2 rings (SSSR count). The number of hydrogen-bond acceptors (Lipinski definition) is 4.